The maximum absolute atomic E-state index is 13.8. The van der Waals surface area contributed by atoms with E-state index in [0.717, 1.165) is 24.2 Å². The number of nitrogens with one attached hydrogen (secondary N) is 1. The molecule has 1 atom stereocenters. The van der Waals surface area contributed by atoms with E-state index in [1.165, 1.54) is 0 Å². The molecule has 1 aromatic heterocycles. The van der Waals surface area contributed by atoms with E-state index in [1.54, 1.807) is 11.7 Å². The van der Waals surface area contributed by atoms with Gasteiger partial charge in [-0.2, -0.15) is 0 Å². The number of Topliss-reactive ketones (excluding diaryl/α,β-unsaturated/α-hetero) is 2. The molecule has 2 fully saturated rings. The van der Waals surface area contributed by atoms with Gasteiger partial charge in [-0.05, 0) is 49.1 Å². The standard InChI is InChI=1S/C25H25N3O4/c1-32-18-10-5-15(6-11-18)14-26-19-3-2-4-20-23(19)25(31)28(24(27-20)16-7-8-16)21-12-9-17(29)13-22(21)30/h2-6,10-11,16,21,26H,7-9,12-14H2,1H3. The van der Waals surface area contributed by atoms with E-state index < -0.39 is 6.04 Å². The van der Waals surface area contributed by atoms with Crippen molar-refractivity contribution in [3.63, 3.8) is 0 Å². The summed E-state index contributed by atoms with van der Waals surface area (Å²) < 4.78 is 6.80. The molecule has 1 heterocycles. The number of hydrogen-bond donors (Lipinski definition) is 1. The second-order valence-electron chi connectivity index (χ2n) is 8.56. The van der Waals surface area contributed by atoms with Gasteiger partial charge < -0.3 is 10.1 Å². The maximum Gasteiger partial charge on any atom is 0.264 e. The summed E-state index contributed by atoms with van der Waals surface area (Å²) in [6.07, 6.45) is 2.52. The molecule has 0 saturated heterocycles. The average molecular weight is 431 g/mol. The smallest absolute Gasteiger partial charge is 0.264 e. The molecule has 0 spiro atoms. The molecule has 1 N–H and O–H groups in total. The highest BCUT2D eigenvalue weighted by atomic mass is 16.5. The fraction of sp³-hybridized carbons (Fsp3) is 0.360. The van der Waals surface area contributed by atoms with Crippen LogP contribution in [-0.4, -0.2) is 28.2 Å². The molecule has 0 bridgehead atoms. The summed E-state index contributed by atoms with van der Waals surface area (Å²) in [6, 6.07) is 12.7. The maximum atomic E-state index is 13.8. The lowest BCUT2D eigenvalue weighted by Crippen LogP contribution is -2.37. The van der Waals surface area contributed by atoms with Gasteiger partial charge in [0.05, 0.1) is 30.5 Å². The van der Waals surface area contributed by atoms with Crippen molar-refractivity contribution in [1.29, 1.82) is 0 Å². The number of aromatic nitrogens is 2. The van der Waals surface area contributed by atoms with Crippen molar-refractivity contribution in [1.82, 2.24) is 9.55 Å². The fourth-order valence-corrected chi connectivity index (χ4v) is 4.41. The molecule has 32 heavy (non-hydrogen) atoms. The number of ether oxygens (including phenoxy) is 1. The molecule has 2 aliphatic rings. The average Bonchev–Trinajstić information content (AvgIpc) is 3.64. The van der Waals surface area contributed by atoms with Crippen LogP contribution in [0.2, 0.25) is 0 Å². The predicted octanol–water partition coefficient (Wildman–Crippen LogP) is 3.76. The van der Waals surface area contributed by atoms with Crippen LogP contribution >= 0.6 is 0 Å². The van der Waals surface area contributed by atoms with E-state index in [1.807, 2.05) is 42.5 Å². The number of nitrogens with zero attached hydrogens (tertiary/aromatic N) is 2. The molecular formula is C25H25N3O4. The second-order valence-corrected chi connectivity index (χ2v) is 8.56. The first kappa shape index (κ1) is 20.4. The Labute approximate surface area is 185 Å². The van der Waals surface area contributed by atoms with Gasteiger partial charge in [-0.15, -0.1) is 0 Å². The Kier molecular flexibility index (Phi) is 5.25. The van der Waals surface area contributed by atoms with Gasteiger partial charge in [0.15, 0.2) is 5.78 Å². The minimum atomic E-state index is -0.609. The Morgan fingerprint density at radius 1 is 1.06 bits per heavy atom. The van der Waals surface area contributed by atoms with Crippen molar-refractivity contribution in [3.8, 4) is 5.75 Å². The van der Waals surface area contributed by atoms with Crippen molar-refractivity contribution in [2.75, 3.05) is 12.4 Å². The van der Waals surface area contributed by atoms with Crippen molar-refractivity contribution in [2.24, 2.45) is 0 Å². The zero-order valence-electron chi connectivity index (χ0n) is 18.0. The summed E-state index contributed by atoms with van der Waals surface area (Å²) >= 11 is 0. The van der Waals surface area contributed by atoms with Gasteiger partial charge in [-0.3, -0.25) is 19.0 Å². The fourth-order valence-electron chi connectivity index (χ4n) is 4.41. The number of rotatable bonds is 6. The van der Waals surface area contributed by atoms with Gasteiger partial charge in [0.2, 0.25) is 0 Å². The molecule has 2 aliphatic carbocycles. The van der Waals surface area contributed by atoms with Crippen LogP contribution in [-0.2, 0) is 16.1 Å². The molecule has 2 aromatic carbocycles. The third-order valence-electron chi connectivity index (χ3n) is 6.29. The highest BCUT2D eigenvalue weighted by Gasteiger charge is 2.36. The van der Waals surface area contributed by atoms with E-state index in [-0.39, 0.29) is 29.5 Å². The van der Waals surface area contributed by atoms with Crippen LogP contribution in [0.25, 0.3) is 10.9 Å². The van der Waals surface area contributed by atoms with Crippen LogP contribution in [0.5, 0.6) is 5.75 Å². The highest BCUT2D eigenvalue weighted by Crippen LogP contribution is 2.41. The van der Waals surface area contributed by atoms with Crippen molar-refractivity contribution in [3.05, 3.63) is 64.2 Å². The van der Waals surface area contributed by atoms with Gasteiger partial charge in [-0.25, -0.2) is 4.98 Å². The number of methoxy groups -OCH3 is 1. The van der Waals surface area contributed by atoms with E-state index in [9.17, 15) is 14.4 Å². The van der Waals surface area contributed by atoms with E-state index in [2.05, 4.69) is 5.32 Å². The zero-order chi connectivity index (χ0) is 22.2. The van der Waals surface area contributed by atoms with E-state index in [4.69, 9.17) is 9.72 Å². The number of benzene rings is 2. The zero-order valence-corrected chi connectivity index (χ0v) is 18.0. The lowest BCUT2D eigenvalue weighted by Gasteiger charge is -2.25. The molecule has 0 amide bonds. The monoisotopic (exact) mass is 431 g/mol. The van der Waals surface area contributed by atoms with Crippen LogP contribution < -0.4 is 15.6 Å². The summed E-state index contributed by atoms with van der Waals surface area (Å²) in [6.45, 7) is 0.532. The van der Waals surface area contributed by atoms with Gasteiger partial charge in [0.25, 0.3) is 5.56 Å². The van der Waals surface area contributed by atoms with Gasteiger partial charge >= 0.3 is 0 Å². The Hall–Kier alpha value is -3.48. The number of hydrogen-bond acceptors (Lipinski definition) is 6. The van der Waals surface area contributed by atoms with Crippen molar-refractivity contribution < 1.29 is 14.3 Å². The second kappa shape index (κ2) is 8.22. The molecule has 3 aromatic rings. The van der Waals surface area contributed by atoms with E-state index in [0.29, 0.717) is 41.8 Å². The minimum Gasteiger partial charge on any atom is -0.497 e. The number of ketones is 2. The summed E-state index contributed by atoms with van der Waals surface area (Å²) in [5.74, 6) is 1.43. The van der Waals surface area contributed by atoms with Crippen LogP contribution in [0.3, 0.4) is 0 Å². The third-order valence-corrected chi connectivity index (χ3v) is 6.29. The molecule has 1 unspecified atom stereocenters. The Balaban J connectivity index is 1.55. The third kappa shape index (κ3) is 3.79. The van der Waals surface area contributed by atoms with E-state index >= 15 is 0 Å². The van der Waals surface area contributed by atoms with Crippen LogP contribution in [0, 0.1) is 0 Å². The summed E-state index contributed by atoms with van der Waals surface area (Å²) in [7, 11) is 1.63. The molecular weight excluding hydrogens is 406 g/mol. The Morgan fingerprint density at radius 3 is 2.53 bits per heavy atom. The minimum absolute atomic E-state index is 0.0529. The molecule has 2 saturated carbocycles. The number of fused-ring (bicyclic) bond motifs is 1. The largest absolute Gasteiger partial charge is 0.497 e. The van der Waals surface area contributed by atoms with Crippen LogP contribution in [0.4, 0.5) is 5.69 Å². The lowest BCUT2D eigenvalue weighted by molar-refractivity contribution is -0.132. The van der Waals surface area contributed by atoms with Crippen molar-refractivity contribution in [2.45, 2.75) is 50.6 Å². The van der Waals surface area contributed by atoms with Gasteiger partial charge in [0.1, 0.15) is 17.4 Å². The topological polar surface area (TPSA) is 90.3 Å². The summed E-state index contributed by atoms with van der Waals surface area (Å²) in [4.78, 5) is 43.0. The first-order valence-electron chi connectivity index (χ1n) is 11.0. The number of carbonyl (C=O) groups is 2. The molecule has 7 nitrogen and oxygen atoms in total. The summed E-state index contributed by atoms with van der Waals surface area (Å²) in [5.41, 5.74) is 2.16. The lowest BCUT2D eigenvalue weighted by atomic mass is 9.92. The van der Waals surface area contributed by atoms with Crippen molar-refractivity contribution >= 4 is 28.2 Å². The first-order chi connectivity index (χ1) is 15.5. The van der Waals surface area contributed by atoms with Gasteiger partial charge in [0, 0.05) is 24.6 Å². The van der Waals surface area contributed by atoms with Gasteiger partial charge in [-0.1, -0.05) is 18.2 Å². The molecule has 5 rings (SSSR count). The number of anilines is 1. The quantitative estimate of drug-likeness (QED) is 0.598. The normalized spacial score (nSPS) is 18.7. The summed E-state index contributed by atoms with van der Waals surface area (Å²) in [5, 5.41) is 3.84. The first-order valence-corrected chi connectivity index (χ1v) is 11.0. The predicted molar refractivity (Wildman–Crippen MR) is 121 cm³/mol. The molecule has 164 valence electrons. The number of carbonyl (C=O) groups excluding carboxylic acids is 2. The van der Waals surface area contributed by atoms with Crippen LogP contribution in [0.15, 0.2) is 47.3 Å². The Morgan fingerprint density at radius 2 is 1.84 bits per heavy atom. The highest BCUT2D eigenvalue weighted by molar-refractivity contribution is 6.03. The molecule has 0 radical (unpaired) electrons. The molecule has 7 heteroatoms. The van der Waals surface area contributed by atoms with Crippen LogP contribution in [0.1, 0.15) is 55.5 Å². The molecule has 0 aliphatic heterocycles. The SMILES string of the molecule is COc1ccc(CNc2cccc3nc(C4CC4)n(C4CCC(=O)CC4=O)c(=O)c23)cc1. The Bertz CT molecular complexity index is 1260.